The molecule has 1 aliphatic carbocycles. The third-order valence-corrected chi connectivity index (χ3v) is 4.66. The van der Waals surface area contributed by atoms with Crippen molar-refractivity contribution in [3.8, 4) is 0 Å². The first-order valence-corrected chi connectivity index (χ1v) is 7.41. The smallest absolute Gasteiger partial charge is 0.328 e. The third-order valence-electron chi connectivity index (χ3n) is 3.24. The molecule has 96 valence electrons. The second kappa shape index (κ2) is 6.64. The van der Waals surface area contributed by atoms with Crippen molar-refractivity contribution in [3.63, 3.8) is 0 Å². The summed E-state index contributed by atoms with van der Waals surface area (Å²) in [5, 5.41) is 9.47. The topological polar surface area (TPSA) is 37.3 Å². The van der Waals surface area contributed by atoms with Crippen molar-refractivity contribution < 1.29 is 9.90 Å². The molecule has 2 nitrogen and oxygen atoms in total. The Labute approximate surface area is 112 Å². The van der Waals surface area contributed by atoms with Crippen LogP contribution in [-0.4, -0.2) is 16.3 Å². The molecule has 0 heterocycles. The van der Waals surface area contributed by atoms with E-state index in [9.17, 15) is 4.79 Å². The monoisotopic (exact) mass is 262 g/mol. The zero-order valence-corrected chi connectivity index (χ0v) is 11.2. The van der Waals surface area contributed by atoms with Gasteiger partial charge in [0.1, 0.15) is 0 Å². The molecule has 3 heteroatoms. The van der Waals surface area contributed by atoms with Crippen molar-refractivity contribution in [2.45, 2.75) is 36.7 Å². The van der Waals surface area contributed by atoms with Crippen LogP contribution in [0.3, 0.4) is 0 Å². The number of hydrogen-bond donors (Lipinski definition) is 1. The van der Waals surface area contributed by atoms with E-state index < -0.39 is 5.97 Å². The highest BCUT2D eigenvalue weighted by Crippen LogP contribution is 2.32. The number of aliphatic carboxylic acids is 1. The summed E-state index contributed by atoms with van der Waals surface area (Å²) in [7, 11) is 0. The van der Waals surface area contributed by atoms with Gasteiger partial charge in [-0.15, -0.1) is 0 Å². The first kappa shape index (κ1) is 13.2. The van der Waals surface area contributed by atoms with Gasteiger partial charge in [0.15, 0.2) is 0 Å². The van der Waals surface area contributed by atoms with Gasteiger partial charge in [-0.2, -0.15) is 11.8 Å². The Kier molecular flexibility index (Phi) is 4.88. The fourth-order valence-electron chi connectivity index (χ4n) is 2.25. The molecule has 18 heavy (non-hydrogen) atoms. The largest absolute Gasteiger partial charge is 0.478 e. The molecule has 0 radical (unpaired) electrons. The fraction of sp³-hybridized carbons (Fsp3) is 0.400. The van der Waals surface area contributed by atoms with Gasteiger partial charge in [-0.1, -0.05) is 37.1 Å². The van der Waals surface area contributed by atoms with Crippen molar-refractivity contribution in [1.29, 1.82) is 0 Å². The Morgan fingerprint density at radius 3 is 2.78 bits per heavy atom. The van der Waals surface area contributed by atoms with E-state index in [1.54, 1.807) is 6.08 Å². The van der Waals surface area contributed by atoms with Crippen molar-refractivity contribution in [1.82, 2.24) is 0 Å². The van der Waals surface area contributed by atoms with Gasteiger partial charge in [0.2, 0.25) is 0 Å². The van der Waals surface area contributed by atoms with Crippen molar-refractivity contribution in [2.75, 3.05) is 0 Å². The second-order valence-corrected chi connectivity index (χ2v) is 5.88. The number of thioether (sulfide) groups is 1. The lowest BCUT2D eigenvalue weighted by atomic mass is 10.1. The Balaban J connectivity index is 2.00. The molecule has 0 atom stereocenters. The van der Waals surface area contributed by atoms with Gasteiger partial charge >= 0.3 is 5.97 Å². The van der Waals surface area contributed by atoms with E-state index in [0.29, 0.717) is 0 Å². The molecule has 0 spiro atoms. The van der Waals surface area contributed by atoms with Crippen molar-refractivity contribution in [2.24, 2.45) is 0 Å². The van der Waals surface area contributed by atoms with Crippen LogP contribution < -0.4 is 0 Å². The molecule has 1 aromatic rings. The number of carboxylic acids is 1. The number of rotatable bonds is 5. The molecule has 1 aliphatic rings. The molecule has 0 aromatic heterocycles. The minimum Gasteiger partial charge on any atom is -0.478 e. The molecule has 0 saturated heterocycles. The first-order chi connectivity index (χ1) is 8.75. The lowest BCUT2D eigenvalue weighted by molar-refractivity contribution is -0.131. The molecule has 0 amide bonds. The molecular weight excluding hydrogens is 244 g/mol. The summed E-state index contributed by atoms with van der Waals surface area (Å²) in [6, 6.07) is 8.03. The maximum atomic E-state index is 10.6. The minimum absolute atomic E-state index is 0.793. The molecular formula is C15H18O2S. The third kappa shape index (κ3) is 3.91. The average Bonchev–Trinajstić information content (AvgIpc) is 2.88. The minimum atomic E-state index is -0.895. The molecule has 2 rings (SSSR count). The highest BCUT2D eigenvalue weighted by Gasteiger charge is 2.15. The van der Waals surface area contributed by atoms with Gasteiger partial charge in [-0.3, -0.25) is 0 Å². The van der Waals surface area contributed by atoms with Crippen LogP contribution in [0.1, 0.15) is 36.8 Å². The number of benzene rings is 1. The lowest BCUT2D eigenvalue weighted by Gasteiger charge is -2.10. The average molecular weight is 262 g/mol. The van der Waals surface area contributed by atoms with Gasteiger partial charge in [0, 0.05) is 17.1 Å². The lowest BCUT2D eigenvalue weighted by Crippen LogP contribution is -1.96. The summed E-state index contributed by atoms with van der Waals surface area (Å²) in [6.07, 6.45) is 8.28. The Morgan fingerprint density at radius 2 is 2.06 bits per heavy atom. The van der Waals surface area contributed by atoms with Gasteiger partial charge in [-0.05, 0) is 30.0 Å². The van der Waals surface area contributed by atoms with E-state index in [0.717, 1.165) is 16.6 Å². The summed E-state index contributed by atoms with van der Waals surface area (Å²) in [5.74, 6) is 0.0818. The summed E-state index contributed by atoms with van der Waals surface area (Å²) < 4.78 is 0. The normalized spacial score (nSPS) is 16.4. The van der Waals surface area contributed by atoms with Crippen LogP contribution in [0.15, 0.2) is 30.3 Å². The van der Waals surface area contributed by atoms with E-state index in [4.69, 9.17) is 5.11 Å². The fourth-order valence-corrected chi connectivity index (χ4v) is 3.60. The number of carbonyl (C=O) groups is 1. The van der Waals surface area contributed by atoms with E-state index in [1.165, 1.54) is 37.3 Å². The van der Waals surface area contributed by atoms with Crippen LogP contribution in [0.4, 0.5) is 0 Å². The molecule has 1 N–H and O–H groups in total. The second-order valence-electron chi connectivity index (χ2n) is 4.59. The van der Waals surface area contributed by atoms with Crippen LogP contribution in [0.25, 0.3) is 6.08 Å². The SMILES string of the molecule is O=C(O)C=Cc1ccccc1CSC1CCCC1. The van der Waals surface area contributed by atoms with Crippen LogP contribution in [-0.2, 0) is 10.5 Å². The summed E-state index contributed by atoms with van der Waals surface area (Å²) in [5.41, 5.74) is 2.25. The maximum Gasteiger partial charge on any atom is 0.328 e. The van der Waals surface area contributed by atoms with Crippen molar-refractivity contribution in [3.05, 3.63) is 41.5 Å². The summed E-state index contributed by atoms with van der Waals surface area (Å²) in [4.78, 5) is 10.6. The molecule has 1 saturated carbocycles. The highest BCUT2D eigenvalue weighted by atomic mass is 32.2. The van der Waals surface area contributed by atoms with Gasteiger partial charge in [-0.25, -0.2) is 4.79 Å². The van der Waals surface area contributed by atoms with E-state index in [-0.39, 0.29) is 0 Å². The molecule has 0 aliphatic heterocycles. The Bertz CT molecular complexity index is 434. The van der Waals surface area contributed by atoms with Crippen LogP contribution in [0.5, 0.6) is 0 Å². The Morgan fingerprint density at radius 1 is 1.33 bits per heavy atom. The zero-order chi connectivity index (χ0) is 12.8. The Hall–Kier alpha value is -1.22. The predicted molar refractivity (Wildman–Crippen MR) is 76.7 cm³/mol. The molecule has 1 fully saturated rings. The number of carboxylic acid groups (broad SMARTS) is 1. The molecule has 1 aromatic carbocycles. The van der Waals surface area contributed by atoms with Gasteiger partial charge in [0.05, 0.1) is 0 Å². The van der Waals surface area contributed by atoms with Crippen LogP contribution >= 0.6 is 11.8 Å². The van der Waals surface area contributed by atoms with Gasteiger partial charge < -0.3 is 5.11 Å². The van der Waals surface area contributed by atoms with Crippen molar-refractivity contribution >= 4 is 23.8 Å². The quantitative estimate of drug-likeness (QED) is 0.816. The maximum absolute atomic E-state index is 10.6. The summed E-state index contributed by atoms with van der Waals surface area (Å²) in [6.45, 7) is 0. The van der Waals surface area contributed by atoms with E-state index >= 15 is 0 Å². The predicted octanol–water partition coefficient (Wildman–Crippen LogP) is 3.96. The molecule has 0 unspecified atom stereocenters. The van der Waals surface area contributed by atoms with Gasteiger partial charge in [0.25, 0.3) is 0 Å². The molecule has 0 bridgehead atoms. The van der Waals surface area contributed by atoms with Crippen LogP contribution in [0, 0.1) is 0 Å². The summed E-state index contributed by atoms with van der Waals surface area (Å²) >= 11 is 2.00. The standard InChI is InChI=1S/C15H18O2S/c16-15(17)10-9-12-5-1-2-6-13(12)11-18-14-7-3-4-8-14/h1-2,5-6,9-10,14H,3-4,7-8,11H2,(H,16,17). The number of hydrogen-bond acceptors (Lipinski definition) is 2. The van der Waals surface area contributed by atoms with Crippen LogP contribution in [0.2, 0.25) is 0 Å². The zero-order valence-electron chi connectivity index (χ0n) is 10.3. The highest BCUT2D eigenvalue weighted by molar-refractivity contribution is 7.99. The first-order valence-electron chi connectivity index (χ1n) is 6.36. The van der Waals surface area contributed by atoms with E-state index in [2.05, 4.69) is 6.07 Å². The van der Waals surface area contributed by atoms with E-state index in [1.807, 2.05) is 30.0 Å².